The van der Waals surface area contributed by atoms with E-state index >= 15 is 0 Å². The van der Waals surface area contributed by atoms with Crippen LogP contribution in [-0.4, -0.2) is 31.4 Å². The molecule has 2 N–H and O–H groups in total. The van der Waals surface area contributed by atoms with Gasteiger partial charge in [0.25, 0.3) is 0 Å². The molecule has 0 saturated carbocycles. The van der Waals surface area contributed by atoms with E-state index in [9.17, 15) is 0 Å². The molecule has 0 radical (unpaired) electrons. The van der Waals surface area contributed by atoms with E-state index < -0.39 is 0 Å². The molecule has 0 bridgehead atoms. The van der Waals surface area contributed by atoms with Gasteiger partial charge in [0.1, 0.15) is 0 Å². The summed E-state index contributed by atoms with van der Waals surface area (Å²) in [6.45, 7) is 9.60. The zero-order valence-corrected chi connectivity index (χ0v) is 9.87. The van der Waals surface area contributed by atoms with Gasteiger partial charge in [-0.25, -0.2) is 0 Å². The van der Waals surface area contributed by atoms with Crippen molar-refractivity contribution in [3.05, 3.63) is 12.8 Å². The fourth-order valence-corrected chi connectivity index (χ4v) is 0.618. The largest absolute Gasteiger partial charge is 0.340 e. The molecule has 0 aliphatic heterocycles. The van der Waals surface area contributed by atoms with Crippen molar-refractivity contribution in [1.82, 2.24) is 4.90 Å². The highest BCUT2D eigenvalue weighted by Crippen LogP contribution is 1.85. The van der Waals surface area contributed by atoms with Gasteiger partial charge in [-0.05, 0) is 19.2 Å². The Balaban J connectivity index is 0. The van der Waals surface area contributed by atoms with Crippen LogP contribution in [0.1, 0.15) is 33.1 Å². The third-order valence-corrected chi connectivity index (χ3v) is 1.62. The maximum atomic E-state index is 5.32. The highest BCUT2D eigenvalue weighted by Gasteiger charge is 1.90. The Morgan fingerprint density at radius 3 is 2.21 bits per heavy atom. The van der Waals surface area contributed by atoms with Gasteiger partial charge < -0.3 is 10.6 Å². The zero-order chi connectivity index (χ0) is 11.2. The zero-order valence-electron chi connectivity index (χ0n) is 9.87. The molecule has 84 valence electrons. The van der Waals surface area contributed by atoms with Gasteiger partial charge in [0.05, 0.1) is 6.34 Å². The summed E-state index contributed by atoms with van der Waals surface area (Å²) in [4.78, 5) is 5.76. The van der Waals surface area contributed by atoms with Gasteiger partial charge in [-0.15, -0.1) is 0 Å². The Morgan fingerprint density at radius 1 is 1.36 bits per heavy atom. The summed E-state index contributed by atoms with van der Waals surface area (Å²) < 4.78 is 0. The minimum atomic E-state index is 0.710. The van der Waals surface area contributed by atoms with Crippen LogP contribution in [0.4, 0.5) is 0 Å². The van der Waals surface area contributed by atoms with Gasteiger partial charge in [0.15, 0.2) is 0 Å². The Bertz CT molecular complexity index is 130. The lowest BCUT2D eigenvalue weighted by atomic mass is 10.4. The summed E-state index contributed by atoms with van der Waals surface area (Å²) in [5.74, 6) is 0. The highest BCUT2D eigenvalue weighted by atomic mass is 15.1. The van der Waals surface area contributed by atoms with Crippen LogP contribution in [0.2, 0.25) is 0 Å². The van der Waals surface area contributed by atoms with Crippen LogP contribution >= 0.6 is 0 Å². The van der Waals surface area contributed by atoms with Crippen molar-refractivity contribution in [3.63, 3.8) is 0 Å². The molecule has 0 aliphatic carbocycles. The Morgan fingerprint density at radius 2 is 1.93 bits per heavy atom. The first kappa shape index (κ1) is 15.6. The fraction of sp³-hybridized carbons (Fsp3) is 0.727. The van der Waals surface area contributed by atoms with Crippen LogP contribution in [0, 0.1) is 0 Å². The molecule has 0 aliphatic rings. The Kier molecular flexibility index (Phi) is 16.4. The van der Waals surface area contributed by atoms with Crippen molar-refractivity contribution in [2.24, 2.45) is 10.7 Å². The average Bonchev–Trinajstić information content (AvgIpc) is 2.24. The monoisotopic (exact) mass is 199 g/mol. The molecule has 3 nitrogen and oxygen atoms in total. The van der Waals surface area contributed by atoms with Gasteiger partial charge in [0.2, 0.25) is 0 Å². The standard InChI is InChI=1S/C7H15N3.C4H10/c1-3-10(7-9-2)6-4-5-8;1-3-4-2/h3,7H,1,4-6,8H2,2H3;3-4H2,1-2H3. The molecule has 0 aromatic rings. The molecule has 14 heavy (non-hydrogen) atoms. The maximum Gasteiger partial charge on any atom is 0.0885 e. The first-order valence-corrected chi connectivity index (χ1v) is 5.27. The summed E-state index contributed by atoms with van der Waals surface area (Å²) in [6, 6.07) is 0. The molecular weight excluding hydrogens is 174 g/mol. The van der Waals surface area contributed by atoms with Crippen LogP contribution in [0.5, 0.6) is 0 Å². The summed E-state index contributed by atoms with van der Waals surface area (Å²) in [5.41, 5.74) is 5.32. The Labute approximate surface area is 88.7 Å². The number of hydrogen-bond donors (Lipinski definition) is 1. The van der Waals surface area contributed by atoms with Crippen LogP contribution in [-0.2, 0) is 0 Å². The summed E-state index contributed by atoms with van der Waals surface area (Å²) in [7, 11) is 1.74. The minimum Gasteiger partial charge on any atom is -0.340 e. The second kappa shape index (κ2) is 14.7. The van der Waals surface area contributed by atoms with Gasteiger partial charge in [0, 0.05) is 13.6 Å². The second-order valence-electron chi connectivity index (χ2n) is 2.94. The third-order valence-electron chi connectivity index (χ3n) is 1.62. The maximum absolute atomic E-state index is 5.32. The number of nitrogens with two attached hydrogens (primary N) is 1. The molecular formula is C11H25N3. The van der Waals surface area contributed by atoms with Gasteiger partial charge in [-0.2, -0.15) is 0 Å². The SMILES string of the molecule is C=CN(C=NC)CCCN.CCCC. The normalized spacial score (nSPS) is 9.43. The summed E-state index contributed by atoms with van der Waals surface area (Å²) >= 11 is 0. The van der Waals surface area contributed by atoms with Crippen molar-refractivity contribution in [2.75, 3.05) is 20.1 Å². The predicted molar refractivity (Wildman–Crippen MR) is 65.6 cm³/mol. The molecule has 0 fully saturated rings. The highest BCUT2D eigenvalue weighted by molar-refractivity contribution is 5.55. The van der Waals surface area contributed by atoms with Crippen LogP contribution in [0.15, 0.2) is 17.8 Å². The van der Waals surface area contributed by atoms with E-state index in [1.54, 1.807) is 19.6 Å². The number of unbranched alkanes of at least 4 members (excludes halogenated alkanes) is 1. The third kappa shape index (κ3) is 13.7. The van der Waals surface area contributed by atoms with E-state index in [4.69, 9.17) is 5.73 Å². The van der Waals surface area contributed by atoms with E-state index in [1.165, 1.54) is 12.8 Å². The molecule has 0 heterocycles. The van der Waals surface area contributed by atoms with E-state index in [1.807, 2.05) is 4.90 Å². The second-order valence-corrected chi connectivity index (χ2v) is 2.94. The van der Waals surface area contributed by atoms with Crippen LogP contribution in [0.25, 0.3) is 0 Å². The van der Waals surface area contributed by atoms with E-state index in [-0.39, 0.29) is 0 Å². The molecule has 3 heteroatoms. The predicted octanol–water partition coefficient (Wildman–Crippen LogP) is 2.25. The first-order valence-electron chi connectivity index (χ1n) is 5.27. The van der Waals surface area contributed by atoms with Crippen LogP contribution in [0.3, 0.4) is 0 Å². The molecule has 0 saturated heterocycles. The lowest BCUT2D eigenvalue weighted by Crippen LogP contribution is -2.18. The van der Waals surface area contributed by atoms with E-state index in [0.29, 0.717) is 6.54 Å². The molecule has 0 aromatic carbocycles. The summed E-state index contributed by atoms with van der Waals surface area (Å²) in [5, 5.41) is 0. The lowest BCUT2D eigenvalue weighted by molar-refractivity contribution is 0.551. The quantitative estimate of drug-likeness (QED) is 0.526. The minimum absolute atomic E-state index is 0.710. The molecule has 0 atom stereocenters. The first-order chi connectivity index (χ1) is 6.76. The van der Waals surface area contributed by atoms with E-state index in [2.05, 4.69) is 25.4 Å². The van der Waals surface area contributed by atoms with Crippen molar-refractivity contribution in [1.29, 1.82) is 0 Å². The van der Waals surface area contributed by atoms with Crippen molar-refractivity contribution in [3.8, 4) is 0 Å². The molecule has 0 spiro atoms. The van der Waals surface area contributed by atoms with Gasteiger partial charge in [-0.1, -0.05) is 33.3 Å². The topological polar surface area (TPSA) is 41.6 Å². The average molecular weight is 199 g/mol. The van der Waals surface area contributed by atoms with Gasteiger partial charge in [-0.3, -0.25) is 4.99 Å². The van der Waals surface area contributed by atoms with E-state index in [0.717, 1.165) is 13.0 Å². The van der Waals surface area contributed by atoms with Crippen molar-refractivity contribution in [2.45, 2.75) is 33.1 Å². The number of nitrogens with zero attached hydrogens (tertiary/aromatic N) is 2. The van der Waals surface area contributed by atoms with Crippen molar-refractivity contribution < 1.29 is 0 Å². The van der Waals surface area contributed by atoms with Gasteiger partial charge >= 0.3 is 0 Å². The molecule has 0 aromatic heterocycles. The molecule has 0 rings (SSSR count). The number of rotatable bonds is 6. The Hall–Kier alpha value is -0.830. The molecule has 0 amide bonds. The number of hydrogen-bond acceptors (Lipinski definition) is 2. The van der Waals surface area contributed by atoms with Crippen LogP contribution < -0.4 is 5.73 Å². The smallest absolute Gasteiger partial charge is 0.0885 e. The fourth-order valence-electron chi connectivity index (χ4n) is 0.618. The summed E-state index contributed by atoms with van der Waals surface area (Å²) in [6.07, 6.45) is 7.09. The number of aliphatic imine (C=N–C) groups is 1. The molecule has 0 unspecified atom stereocenters. The lowest BCUT2D eigenvalue weighted by Gasteiger charge is -2.11. The van der Waals surface area contributed by atoms with Crippen molar-refractivity contribution >= 4 is 6.34 Å².